The van der Waals surface area contributed by atoms with Gasteiger partial charge in [-0.1, -0.05) is 253 Å². The Morgan fingerprint density at radius 1 is 0.486 bits per heavy atom. The number of rotatable bonds is 50. The summed E-state index contributed by atoms with van der Waals surface area (Å²) >= 11 is 0. The average molecular weight is 1010 g/mol. The van der Waals surface area contributed by atoms with Crippen molar-refractivity contribution in [1.29, 1.82) is 0 Å². The van der Waals surface area contributed by atoms with Gasteiger partial charge in [0.15, 0.2) is 6.29 Å². The Bertz CT molecular complexity index is 1400. The molecular formula is C63H111NO8. The van der Waals surface area contributed by atoms with Gasteiger partial charge in [-0.15, -0.1) is 0 Å². The molecule has 1 heterocycles. The van der Waals surface area contributed by atoms with Crippen LogP contribution in [0.25, 0.3) is 0 Å². The van der Waals surface area contributed by atoms with Crippen molar-refractivity contribution in [3.05, 3.63) is 85.1 Å². The van der Waals surface area contributed by atoms with Gasteiger partial charge in [-0.3, -0.25) is 4.79 Å². The largest absolute Gasteiger partial charge is 0.394 e. The lowest BCUT2D eigenvalue weighted by Crippen LogP contribution is -2.60. The molecule has 9 heteroatoms. The minimum absolute atomic E-state index is 0.199. The first kappa shape index (κ1) is 67.4. The summed E-state index contributed by atoms with van der Waals surface area (Å²) in [6.07, 6.45) is 66.5. The number of allylic oxidation sites excluding steroid dienone is 13. The van der Waals surface area contributed by atoms with E-state index in [0.29, 0.717) is 6.42 Å². The third-order valence-corrected chi connectivity index (χ3v) is 13.7. The van der Waals surface area contributed by atoms with Gasteiger partial charge >= 0.3 is 0 Å². The summed E-state index contributed by atoms with van der Waals surface area (Å²) < 4.78 is 11.3. The Balaban J connectivity index is 2.26. The Hall–Kier alpha value is -2.63. The fourth-order valence-corrected chi connectivity index (χ4v) is 9.02. The Morgan fingerprint density at radius 2 is 0.875 bits per heavy atom. The second-order valence-corrected chi connectivity index (χ2v) is 20.4. The molecule has 0 aromatic heterocycles. The van der Waals surface area contributed by atoms with Crippen LogP contribution < -0.4 is 5.32 Å². The first-order valence-electron chi connectivity index (χ1n) is 29.8. The van der Waals surface area contributed by atoms with Crippen molar-refractivity contribution in [3.8, 4) is 0 Å². The van der Waals surface area contributed by atoms with Gasteiger partial charge in [0, 0.05) is 6.42 Å². The summed E-state index contributed by atoms with van der Waals surface area (Å²) in [6, 6.07) is -0.834. The molecule has 1 fully saturated rings. The average Bonchev–Trinajstić information content (AvgIpc) is 3.38. The summed E-state index contributed by atoms with van der Waals surface area (Å²) in [4.78, 5) is 13.1. The lowest BCUT2D eigenvalue weighted by atomic mass is 9.99. The topological polar surface area (TPSA) is 149 Å². The maximum atomic E-state index is 13.1. The van der Waals surface area contributed by atoms with Gasteiger partial charge in [-0.25, -0.2) is 0 Å². The van der Waals surface area contributed by atoms with E-state index in [1.165, 1.54) is 148 Å². The predicted octanol–water partition coefficient (Wildman–Crippen LogP) is 15.0. The monoisotopic (exact) mass is 1010 g/mol. The van der Waals surface area contributed by atoms with Gasteiger partial charge in [-0.05, 0) is 77.0 Å². The maximum Gasteiger partial charge on any atom is 0.220 e. The molecule has 0 aliphatic carbocycles. The Kier molecular flexibility index (Phi) is 48.5. The van der Waals surface area contributed by atoms with Crippen LogP contribution in [0.15, 0.2) is 85.1 Å². The first-order chi connectivity index (χ1) is 35.3. The van der Waals surface area contributed by atoms with Gasteiger partial charge in [-0.2, -0.15) is 0 Å². The molecule has 1 saturated heterocycles. The summed E-state index contributed by atoms with van der Waals surface area (Å²) in [5, 5.41) is 54.5. The number of amides is 1. The highest BCUT2D eigenvalue weighted by molar-refractivity contribution is 5.76. The van der Waals surface area contributed by atoms with E-state index in [1.54, 1.807) is 6.08 Å². The SMILES string of the molecule is CC/C=C\C/C=C\C/C=C\C/C=C\C/C=C\CCCCCCCCCC(=O)NC(COC1OC(CO)C(O)C(O)C1O)C(O)/C=C/CC/C=C/CCCCCCCCCCCCCCCCCCCCCC. The van der Waals surface area contributed by atoms with Crippen molar-refractivity contribution in [2.24, 2.45) is 0 Å². The van der Waals surface area contributed by atoms with E-state index < -0.39 is 49.5 Å². The molecule has 0 aromatic carbocycles. The van der Waals surface area contributed by atoms with Crippen LogP contribution in [0.2, 0.25) is 0 Å². The van der Waals surface area contributed by atoms with Crippen LogP contribution in [-0.2, 0) is 14.3 Å². The van der Waals surface area contributed by atoms with Crippen LogP contribution in [0.4, 0.5) is 0 Å². The Morgan fingerprint density at radius 3 is 1.33 bits per heavy atom. The summed E-state index contributed by atoms with van der Waals surface area (Å²) in [6.45, 7) is 3.66. The van der Waals surface area contributed by atoms with E-state index in [0.717, 1.165) is 83.5 Å². The molecule has 1 rings (SSSR count). The van der Waals surface area contributed by atoms with Crippen LogP contribution in [0, 0.1) is 0 Å². The molecule has 1 amide bonds. The first-order valence-corrected chi connectivity index (χ1v) is 29.8. The van der Waals surface area contributed by atoms with Gasteiger partial charge < -0.3 is 40.3 Å². The molecule has 0 bridgehead atoms. The molecule has 0 spiro atoms. The lowest BCUT2D eigenvalue weighted by Gasteiger charge is -2.40. The van der Waals surface area contributed by atoms with Crippen LogP contribution in [0.5, 0.6) is 0 Å². The molecule has 1 aliphatic heterocycles. The van der Waals surface area contributed by atoms with E-state index >= 15 is 0 Å². The smallest absolute Gasteiger partial charge is 0.220 e. The number of carbonyl (C=O) groups excluding carboxylic acids is 1. The third-order valence-electron chi connectivity index (χ3n) is 13.7. The molecule has 72 heavy (non-hydrogen) atoms. The van der Waals surface area contributed by atoms with Gasteiger partial charge in [0.2, 0.25) is 5.91 Å². The molecule has 0 aromatic rings. The normalized spacial score (nSPS) is 19.8. The zero-order chi connectivity index (χ0) is 52.2. The minimum Gasteiger partial charge on any atom is -0.394 e. The highest BCUT2D eigenvalue weighted by atomic mass is 16.7. The van der Waals surface area contributed by atoms with E-state index in [2.05, 4.69) is 92.1 Å². The summed E-state index contributed by atoms with van der Waals surface area (Å²) in [5.74, 6) is -0.199. The molecule has 0 radical (unpaired) electrons. The van der Waals surface area contributed by atoms with Crippen molar-refractivity contribution in [1.82, 2.24) is 5.32 Å². The number of aliphatic hydroxyl groups excluding tert-OH is 5. The molecule has 9 nitrogen and oxygen atoms in total. The van der Waals surface area contributed by atoms with Crippen LogP contribution in [-0.4, -0.2) is 87.5 Å². The van der Waals surface area contributed by atoms with Gasteiger partial charge in [0.05, 0.1) is 25.4 Å². The molecule has 416 valence electrons. The molecule has 0 saturated carbocycles. The molecular weight excluding hydrogens is 899 g/mol. The fourth-order valence-electron chi connectivity index (χ4n) is 9.02. The van der Waals surface area contributed by atoms with Gasteiger partial charge in [0.1, 0.15) is 24.4 Å². The van der Waals surface area contributed by atoms with E-state index in [-0.39, 0.29) is 12.5 Å². The third kappa shape index (κ3) is 40.7. The second-order valence-electron chi connectivity index (χ2n) is 20.4. The van der Waals surface area contributed by atoms with E-state index in [1.807, 2.05) is 6.08 Å². The van der Waals surface area contributed by atoms with Crippen molar-refractivity contribution >= 4 is 5.91 Å². The van der Waals surface area contributed by atoms with Crippen molar-refractivity contribution in [2.75, 3.05) is 13.2 Å². The highest BCUT2D eigenvalue weighted by Crippen LogP contribution is 2.23. The van der Waals surface area contributed by atoms with Crippen molar-refractivity contribution in [2.45, 2.75) is 294 Å². The molecule has 1 aliphatic rings. The number of ether oxygens (including phenoxy) is 2. The highest BCUT2D eigenvalue weighted by Gasteiger charge is 2.44. The second kappa shape index (κ2) is 51.8. The molecule has 6 N–H and O–H groups in total. The number of hydrogen-bond acceptors (Lipinski definition) is 8. The predicted molar refractivity (Wildman–Crippen MR) is 304 cm³/mol. The molecule has 7 unspecified atom stereocenters. The van der Waals surface area contributed by atoms with E-state index in [9.17, 15) is 30.3 Å². The quantitative estimate of drug-likeness (QED) is 0.0261. The van der Waals surface area contributed by atoms with E-state index in [4.69, 9.17) is 9.47 Å². The summed E-state index contributed by atoms with van der Waals surface area (Å²) in [5.41, 5.74) is 0. The van der Waals surface area contributed by atoms with Crippen molar-refractivity contribution in [3.63, 3.8) is 0 Å². The molecule has 7 atom stereocenters. The number of aliphatic hydroxyl groups is 5. The number of nitrogens with one attached hydrogen (secondary N) is 1. The zero-order valence-electron chi connectivity index (χ0n) is 46.2. The van der Waals surface area contributed by atoms with Crippen LogP contribution in [0.3, 0.4) is 0 Å². The number of unbranched alkanes of at least 4 members (excludes halogenated alkanes) is 28. The van der Waals surface area contributed by atoms with Crippen LogP contribution in [0.1, 0.15) is 251 Å². The zero-order valence-corrected chi connectivity index (χ0v) is 46.2. The standard InChI is InChI=1S/C63H111NO8/c1-3-5-7-9-11-13-15-17-19-21-23-25-27-28-29-31-32-34-36-38-40-42-44-46-48-50-52-57(66)56(55-71-63-62(70)61(69)60(68)58(54-65)72-63)64-59(67)53-51-49-47-45-43-41-39-37-35-33-30-26-24-22-20-18-16-14-12-10-8-6-4-2/h6,8,12,14,18,20,24,26,33,35,42,44,50,52,56-58,60-63,65-66,68-70H,3-5,7,9-11,13,15-17,19,21-23,25,27-32,34,36-41,43,45-49,51,53-55H2,1-2H3,(H,64,67)/b8-6-,14-12-,20-18-,26-24-,35-33-,44-42+,52-50+. The lowest BCUT2D eigenvalue weighted by molar-refractivity contribution is -0.302. The summed E-state index contributed by atoms with van der Waals surface area (Å²) in [7, 11) is 0. The minimum atomic E-state index is -1.58. The number of hydrogen-bond donors (Lipinski definition) is 6. The van der Waals surface area contributed by atoms with Crippen LogP contribution >= 0.6 is 0 Å². The Labute approximate surface area is 441 Å². The van der Waals surface area contributed by atoms with Crippen molar-refractivity contribution < 1.29 is 39.8 Å². The number of carbonyl (C=O) groups is 1. The van der Waals surface area contributed by atoms with Gasteiger partial charge in [0.25, 0.3) is 0 Å². The maximum absolute atomic E-state index is 13.1. The fraction of sp³-hybridized carbons (Fsp3) is 0.762.